The predicted molar refractivity (Wildman–Crippen MR) is 74.8 cm³/mol. The average molecular weight is 309 g/mol. The number of carboxylic acids is 2. The van der Waals surface area contributed by atoms with Crippen molar-refractivity contribution >= 4 is 19.5 Å². The summed E-state index contributed by atoms with van der Waals surface area (Å²) >= 11 is 0. The van der Waals surface area contributed by atoms with E-state index in [0.717, 1.165) is 32.3 Å². The van der Waals surface area contributed by atoms with Crippen LogP contribution in [0.5, 0.6) is 0 Å². The number of nitrogens with one attached hydrogen (secondary N) is 1. The zero-order valence-electron chi connectivity index (χ0n) is 11.9. The lowest BCUT2D eigenvalue weighted by molar-refractivity contribution is -0.155. The molecule has 0 radical (unpaired) electrons. The van der Waals surface area contributed by atoms with E-state index < -0.39 is 31.4 Å². The molecule has 0 fully saturated rings. The summed E-state index contributed by atoms with van der Waals surface area (Å²) in [4.78, 5) is 31.3. The highest BCUT2D eigenvalue weighted by atomic mass is 31.2. The minimum atomic E-state index is -3.69. The molecule has 0 aromatic rings. The summed E-state index contributed by atoms with van der Waals surface area (Å²) < 4.78 is 11.4. The second kappa shape index (κ2) is 9.10. The molecule has 0 aliphatic carbocycles. The molecule has 7 nitrogen and oxygen atoms in total. The molecule has 20 heavy (non-hydrogen) atoms. The van der Waals surface area contributed by atoms with Crippen molar-refractivity contribution in [2.45, 2.75) is 51.5 Å². The fourth-order valence-corrected chi connectivity index (χ4v) is 2.92. The van der Waals surface area contributed by atoms with E-state index in [0.29, 0.717) is 6.42 Å². The minimum absolute atomic E-state index is 0.241. The van der Waals surface area contributed by atoms with Crippen LogP contribution in [0, 0.1) is 5.92 Å². The Morgan fingerprint density at radius 3 is 2.00 bits per heavy atom. The topological polar surface area (TPSA) is 124 Å². The van der Waals surface area contributed by atoms with Gasteiger partial charge in [-0.3, -0.25) is 14.2 Å². The molecule has 0 aliphatic rings. The van der Waals surface area contributed by atoms with Crippen molar-refractivity contribution in [2.24, 2.45) is 5.92 Å². The number of rotatable bonds is 11. The van der Waals surface area contributed by atoms with Crippen LogP contribution >= 0.6 is 7.52 Å². The van der Waals surface area contributed by atoms with Crippen LogP contribution in [-0.4, -0.2) is 39.8 Å². The van der Waals surface area contributed by atoms with Crippen molar-refractivity contribution in [3.05, 3.63) is 0 Å². The van der Waals surface area contributed by atoms with Gasteiger partial charge in [0.25, 0.3) is 7.52 Å². The molecule has 0 rings (SSSR count). The normalized spacial score (nSPS) is 15.8. The van der Waals surface area contributed by atoms with Crippen LogP contribution in [0.25, 0.3) is 0 Å². The van der Waals surface area contributed by atoms with E-state index >= 15 is 0 Å². The zero-order chi connectivity index (χ0) is 15.8. The van der Waals surface area contributed by atoms with Crippen LogP contribution in [0.1, 0.15) is 45.4 Å². The third kappa shape index (κ3) is 8.30. The molecular weight excluding hydrogens is 285 g/mol. The van der Waals surface area contributed by atoms with Crippen LogP contribution in [0.4, 0.5) is 0 Å². The lowest BCUT2D eigenvalue weighted by Gasteiger charge is -2.23. The standard InChI is InChI=1S/C12H24NO6P/c1-3-4-5-6-7-8-9(13-20(2,18)19)10(11(14)15)12(16)17/h9-10H,3-8H2,1-2H3,(H,14,15)(H,16,17)(H2,13,18,19). The molecule has 8 heteroatoms. The largest absolute Gasteiger partial charge is 0.481 e. The molecule has 0 bridgehead atoms. The number of unbranched alkanes of at least 4 members (excludes halogenated alkanes) is 4. The highest BCUT2D eigenvalue weighted by Crippen LogP contribution is 2.32. The predicted octanol–water partition coefficient (Wildman–Crippen LogP) is 1.91. The highest BCUT2D eigenvalue weighted by molar-refractivity contribution is 7.55. The van der Waals surface area contributed by atoms with Gasteiger partial charge in [0, 0.05) is 12.7 Å². The van der Waals surface area contributed by atoms with Crippen molar-refractivity contribution < 1.29 is 29.3 Å². The first-order valence-corrected chi connectivity index (χ1v) is 8.83. The number of aliphatic carboxylic acids is 2. The third-order valence-corrected chi connectivity index (χ3v) is 3.77. The van der Waals surface area contributed by atoms with E-state index in [9.17, 15) is 19.0 Å². The maximum Gasteiger partial charge on any atom is 0.319 e. The SMILES string of the molecule is CCCCCCCC(NP(C)(=O)O)C(C(=O)O)C(=O)O. The van der Waals surface area contributed by atoms with Crippen LogP contribution in [0.3, 0.4) is 0 Å². The Balaban J connectivity index is 4.67. The fraction of sp³-hybridized carbons (Fsp3) is 0.833. The first-order valence-electron chi connectivity index (χ1n) is 6.72. The summed E-state index contributed by atoms with van der Waals surface area (Å²) in [5, 5.41) is 20.2. The van der Waals surface area contributed by atoms with Crippen molar-refractivity contribution in [3.63, 3.8) is 0 Å². The molecule has 2 unspecified atom stereocenters. The van der Waals surface area contributed by atoms with Gasteiger partial charge in [0.2, 0.25) is 0 Å². The molecule has 0 aliphatic heterocycles. The molecule has 0 heterocycles. The molecule has 2 atom stereocenters. The van der Waals surface area contributed by atoms with E-state index in [-0.39, 0.29) is 6.42 Å². The number of carboxylic acid groups (broad SMARTS) is 2. The first-order chi connectivity index (χ1) is 9.19. The Kier molecular flexibility index (Phi) is 8.69. The molecule has 0 amide bonds. The lowest BCUT2D eigenvalue weighted by Crippen LogP contribution is -2.43. The van der Waals surface area contributed by atoms with Crippen LogP contribution < -0.4 is 5.09 Å². The van der Waals surface area contributed by atoms with E-state index in [2.05, 4.69) is 12.0 Å². The maximum absolute atomic E-state index is 11.4. The molecule has 0 aromatic heterocycles. The molecule has 4 N–H and O–H groups in total. The summed E-state index contributed by atoms with van der Waals surface area (Å²) in [6, 6.07) is -1.05. The lowest BCUT2D eigenvalue weighted by atomic mass is 9.95. The van der Waals surface area contributed by atoms with Crippen LogP contribution in [0.15, 0.2) is 0 Å². The summed E-state index contributed by atoms with van der Waals surface area (Å²) in [5.41, 5.74) is 0. The Bertz CT molecular complexity index is 353. The summed E-state index contributed by atoms with van der Waals surface area (Å²) in [5.74, 6) is -4.73. The van der Waals surface area contributed by atoms with Gasteiger partial charge in [-0.15, -0.1) is 0 Å². The van der Waals surface area contributed by atoms with E-state index in [1.54, 1.807) is 0 Å². The second-order valence-corrected chi connectivity index (χ2v) is 6.99. The Morgan fingerprint density at radius 2 is 1.60 bits per heavy atom. The Labute approximate surface area is 118 Å². The van der Waals surface area contributed by atoms with Crippen molar-refractivity contribution in [3.8, 4) is 0 Å². The van der Waals surface area contributed by atoms with Crippen molar-refractivity contribution in [1.29, 1.82) is 0 Å². The van der Waals surface area contributed by atoms with Gasteiger partial charge >= 0.3 is 11.9 Å². The molecule has 0 aromatic carbocycles. The molecule has 118 valence electrons. The van der Waals surface area contributed by atoms with Crippen molar-refractivity contribution in [1.82, 2.24) is 5.09 Å². The summed E-state index contributed by atoms with van der Waals surface area (Å²) in [6.07, 6.45) is 4.81. The van der Waals surface area contributed by atoms with Gasteiger partial charge in [0.1, 0.15) is 0 Å². The van der Waals surface area contributed by atoms with E-state index in [1.807, 2.05) is 0 Å². The van der Waals surface area contributed by atoms with Gasteiger partial charge in [-0.25, -0.2) is 5.09 Å². The highest BCUT2D eigenvalue weighted by Gasteiger charge is 2.36. The van der Waals surface area contributed by atoms with Gasteiger partial charge in [-0.1, -0.05) is 39.0 Å². The maximum atomic E-state index is 11.4. The fourth-order valence-electron chi connectivity index (χ4n) is 2.03. The zero-order valence-corrected chi connectivity index (χ0v) is 12.8. The van der Waals surface area contributed by atoms with Gasteiger partial charge < -0.3 is 15.1 Å². The molecule has 0 spiro atoms. The monoisotopic (exact) mass is 309 g/mol. The average Bonchev–Trinajstić information content (AvgIpc) is 2.25. The first kappa shape index (κ1) is 19.1. The second-order valence-electron chi connectivity index (χ2n) is 4.97. The number of carbonyl (C=O) groups is 2. The minimum Gasteiger partial charge on any atom is -0.481 e. The summed E-state index contributed by atoms with van der Waals surface area (Å²) in [6.45, 7) is 3.09. The molecule has 0 saturated carbocycles. The quantitative estimate of drug-likeness (QED) is 0.261. The van der Waals surface area contributed by atoms with E-state index in [1.165, 1.54) is 0 Å². The van der Waals surface area contributed by atoms with Crippen LogP contribution in [0.2, 0.25) is 0 Å². The number of hydrogen-bond donors (Lipinski definition) is 4. The molecule has 0 saturated heterocycles. The van der Waals surface area contributed by atoms with E-state index in [4.69, 9.17) is 10.2 Å². The summed E-state index contributed by atoms with van der Waals surface area (Å²) in [7, 11) is -3.69. The van der Waals surface area contributed by atoms with Crippen molar-refractivity contribution in [2.75, 3.05) is 6.66 Å². The Hall–Kier alpha value is -0.910. The third-order valence-electron chi connectivity index (χ3n) is 2.96. The van der Waals surface area contributed by atoms with Gasteiger partial charge in [-0.05, 0) is 6.42 Å². The van der Waals surface area contributed by atoms with Gasteiger partial charge in [-0.2, -0.15) is 0 Å². The Morgan fingerprint density at radius 1 is 1.10 bits per heavy atom. The number of hydrogen-bond acceptors (Lipinski definition) is 3. The van der Waals surface area contributed by atoms with Crippen LogP contribution in [-0.2, 0) is 14.2 Å². The van der Waals surface area contributed by atoms with Gasteiger partial charge in [0.05, 0.1) is 0 Å². The smallest absolute Gasteiger partial charge is 0.319 e. The van der Waals surface area contributed by atoms with Gasteiger partial charge in [0.15, 0.2) is 5.92 Å². The molecular formula is C12H24NO6P.